The van der Waals surface area contributed by atoms with Crippen LogP contribution in [0, 0.1) is 35.5 Å². The number of ether oxygens (including phenoxy) is 2. The van der Waals surface area contributed by atoms with E-state index in [1.165, 1.54) is 77.0 Å². The van der Waals surface area contributed by atoms with Crippen LogP contribution in [-0.2, 0) is 9.47 Å². The van der Waals surface area contributed by atoms with E-state index < -0.39 is 0 Å². The van der Waals surface area contributed by atoms with Gasteiger partial charge in [-0.25, -0.2) is 0 Å². The molecule has 4 aliphatic rings. The molecule has 4 fully saturated rings. The molecule has 0 radical (unpaired) electrons. The summed E-state index contributed by atoms with van der Waals surface area (Å²) in [6.07, 6.45) is 17.1. The Kier molecular flexibility index (Phi) is 16.3. The Morgan fingerprint density at radius 2 is 0.833 bits per heavy atom. The fourth-order valence-electron chi connectivity index (χ4n) is 4.61. The number of rotatable bonds is 0. The van der Waals surface area contributed by atoms with E-state index >= 15 is 0 Å². The van der Waals surface area contributed by atoms with Crippen molar-refractivity contribution in [2.45, 2.75) is 119 Å². The molecule has 2 unspecified atom stereocenters. The molecule has 2 heteroatoms. The predicted molar refractivity (Wildman–Crippen MR) is 132 cm³/mol. The third kappa shape index (κ3) is 14.1. The maximum atomic E-state index is 5.25. The molecule has 0 spiro atoms. The third-order valence-electron chi connectivity index (χ3n) is 8.01. The van der Waals surface area contributed by atoms with Crippen LogP contribution in [-0.4, -0.2) is 26.4 Å². The van der Waals surface area contributed by atoms with E-state index in [0.717, 1.165) is 61.9 Å². The maximum absolute atomic E-state index is 5.25. The van der Waals surface area contributed by atoms with Crippen molar-refractivity contribution in [3.8, 4) is 0 Å². The third-order valence-corrected chi connectivity index (χ3v) is 8.01. The first-order valence-electron chi connectivity index (χ1n) is 13.6. The van der Waals surface area contributed by atoms with Crippen LogP contribution in [0.5, 0.6) is 0 Å². The molecule has 4 atom stereocenters. The lowest BCUT2D eigenvalue weighted by molar-refractivity contribution is 0.0303. The van der Waals surface area contributed by atoms with Crippen molar-refractivity contribution < 1.29 is 9.47 Å². The minimum absolute atomic E-state index is 0.781. The Morgan fingerprint density at radius 3 is 1.13 bits per heavy atom. The summed E-state index contributed by atoms with van der Waals surface area (Å²) in [7, 11) is 0. The van der Waals surface area contributed by atoms with E-state index in [9.17, 15) is 0 Å². The van der Waals surface area contributed by atoms with Crippen molar-refractivity contribution >= 4 is 0 Å². The van der Waals surface area contributed by atoms with Crippen LogP contribution in [0.15, 0.2) is 0 Å². The summed E-state index contributed by atoms with van der Waals surface area (Å²) in [6.45, 7) is 17.9. The zero-order valence-electron chi connectivity index (χ0n) is 21.6. The standard InChI is InChI=1S/C8H16.C7H14O.C7H14.C6H12O/c1-7-5-3-4-6-8(7)2;1-6-3-4-8-5-7(6)2;1-7-5-3-2-4-6-7;1-6-2-4-7-5-3-6/h7-8H,3-6H2,1-2H3;6-7H,3-5H2,1-2H3;7H,2-6H2,1H3;6H,2-5H2,1H3/t7-,8?;6-,7?;;/m00../s1. The highest BCUT2D eigenvalue weighted by Gasteiger charge is 2.16. The monoisotopic (exact) mass is 424 g/mol. The first kappa shape index (κ1) is 28.0. The van der Waals surface area contributed by atoms with Gasteiger partial charge in [0.25, 0.3) is 0 Å². The van der Waals surface area contributed by atoms with Gasteiger partial charge >= 0.3 is 0 Å². The van der Waals surface area contributed by atoms with Crippen LogP contribution in [0.1, 0.15) is 119 Å². The van der Waals surface area contributed by atoms with Gasteiger partial charge in [0, 0.05) is 26.4 Å². The fourth-order valence-corrected chi connectivity index (χ4v) is 4.61. The molecule has 0 bridgehead atoms. The minimum atomic E-state index is 0.781. The lowest BCUT2D eigenvalue weighted by atomic mass is 9.82. The zero-order valence-corrected chi connectivity index (χ0v) is 21.6. The van der Waals surface area contributed by atoms with Gasteiger partial charge in [-0.15, -0.1) is 0 Å². The number of hydrogen-bond donors (Lipinski definition) is 0. The molecule has 2 aliphatic carbocycles. The van der Waals surface area contributed by atoms with Crippen molar-refractivity contribution in [1.82, 2.24) is 0 Å². The average molecular weight is 425 g/mol. The second-order valence-corrected chi connectivity index (χ2v) is 11.1. The minimum Gasteiger partial charge on any atom is -0.381 e. The van der Waals surface area contributed by atoms with Crippen LogP contribution in [0.25, 0.3) is 0 Å². The summed E-state index contributed by atoms with van der Waals surface area (Å²) in [5, 5.41) is 0. The molecule has 2 nitrogen and oxygen atoms in total. The lowest BCUT2D eigenvalue weighted by Crippen LogP contribution is -2.22. The molecule has 0 N–H and O–H groups in total. The lowest BCUT2D eigenvalue weighted by Gasteiger charge is -2.24. The van der Waals surface area contributed by atoms with Gasteiger partial charge < -0.3 is 9.47 Å². The SMILES string of the molecule is CC1CCCCC1.CC1CCCC[C@@H]1C.CC1CCOCC1.CC1COCC[C@@H]1C. The van der Waals surface area contributed by atoms with Crippen molar-refractivity contribution in [1.29, 1.82) is 0 Å². The fraction of sp³-hybridized carbons (Fsp3) is 1.00. The topological polar surface area (TPSA) is 18.5 Å². The van der Waals surface area contributed by atoms with Crippen molar-refractivity contribution in [3.63, 3.8) is 0 Å². The van der Waals surface area contributed by atoms with Crippen LogP contribution in [0.3, 0.4) is 0 Å². The average Bonchev–Trinajstić information content (AvgIpc) is 2.75. The van der Waals surface area contributed by atoms with E-state index in [1.54, 1.807) is 0 Å². The largest absolute Gasteiger partial charge is 0.381 e. The molecule has 2 saturated carbocycles. The van der Waals surface area contributed by atoms with Gasteiger partial charge in [-0.1, -0.05) is 99.3 Å². The molecule has 2 heterocycles. The van der Waals surface area contributed by atoms with Crippen molar-refractivity contribution in [3.05, 3.63) is 0 Å². The summed E-state index contributed by atoms with van der Waals surface area (Å²) in [4.78, 5) is 0. The van der Waals surface area contributed by atoms with Crippen molar-refractivity contribution in [2.24, 2.45) is 35.5 Å². The van der Waals surface area contributed by atoms with Gasteiger partial charge in [-0.05, 0) is 54.8 Å². The molecular formula is C28H56O2. The smallest absolute Gasteiger partial charge is 0.0494 e. The number of hydrogen-bond acceptors (Lipinski definition) is 2. The molecule has 2 saturated heterocycles. The van der Waals surface area contributed by atoms with Gasteiger partial charge in [-0.2, -0.15) is 0 Å². The molecule has 2 aliphatic heterocycles. The van der Waals surface area contributed by atoms with E-state index in [2.05, 4.69) is 41.5 Å². The van der Waals surface area contributed by atoms with E-state index in [4.69, 9.17) is 9.47 Å². The van der Waals surface area contributed by atoms with E-state index in [1.807, 2.05) is 0 Å². The molecule has 0 aromatic carbocycles. The highest BCUT2D eigenvalue weighted by molar-refractivity contribution is 4.67. The quantitative estimate of drug-likeness (QED) is 0.388. The normalized spacial score (nSPS) is 33.0. The van der Waals surface area contributed by atoms with Gasteiger partial charge in [0.15, 0.2) is 0 Å². The van der Waals surface area contributed by atoms with Gasteiger partial charge in [0.2, 0.25) is 0 Å². The Bertz CT molecular complexity index is 315. The highest BCUT2D eigenvalue weighted by atomic mass is 16.5. The molecule has 4 rings (SSSR count). The van der Waals surface area contributed by atoms with Gasteiger partial charge in [0.05, 0.1) is 0 Å². The Labute approximate surface area is 190 Å². The van der Waals surface area contributed by atoms with Crippen LogP contribution < -0.4 is 0 Å². The highest BCUT2D eigenvalue weighted by Crippen LogP contribution is 2.28. The molecule has 0 amide bonds. The van der Waals surface area contributed by atoms with Crippen LogP contribution in [0.4, 0.5) is 0 Å². The van der Waals surface area contributed by atoms with Crippen LogP contribution >= 0.6 is 0 Å². The first-order chi connectivity index (χ1) is 14.4. The Hall–Kier alpha value is -0.0800. The Balaban J connectivity index is 0.000000200. The first-order valence-corrected chi connectivity index (χ1v) is 13.6. The zero-order chi connectivity index (χ0) is 22.2. The molecule has 30 heavy (non-hydrogen) atoms. The summed E-state index contributed by atoms with van der Waals surface area (Å²) in [6, 6.07) is 0. The van der Waals surface area contributed by atoms with E-state index in [0.29, 0.717) is 0 Å². The maximum Gasteiger partial charge on any atom is 0.0494 e. The van der Waals surface area contributed by atoms with Gasteiger partial charge in [0.1, 0.15) is 0 Å². The molecule has 0 aromatic rings. The summed E-state index contributed by atoms with van der Waals surface area (Å²) >= 11 is 0. The summed E-state index contributed by atoms with van der Waals surface area (Å²) in [5.74, 6) is 5.61. The predicted octanol–water partition coefficient (Wildman–Crippen LogP) is 8.53. The summed E-state index contributed by atoms with van der Waals surface area (Å²) in [5.41, 5.74) is 0. The summed E-state index contributed by atoms with van der Waals surface area (Å²) < 4.78 is 10.4. The second kappa shape index (κ2) is 17.5. The molecular weight excluding hydrogens is 368 g/mol. The van der Waals surface area contributed by atoms with Crippen LogP contribution in [0.2, 0.25) is 0 Å². The van der Waals surface area contributed by atoms with Gasteiger partial charge in [-0.3, -0.25) is 0 Å². The second-order valence-electron chi connectivity index (χ2n) is 11.1. The molecule has 0 aromatic heterocycles. The van der Waals surface area contributed by atoms with Crippen molar-refractivity contribution in [2.75, 3.05) is 26.4 Å². The van der Waals surface area contributed by atoms with E-state index in [-0.39, 0.29) is 0 Å². The molecule has 180 valence electrons. The Morgan fingerprint density at radius 1 is 0.400 bits per heavy atom.